The maximum absolute atomic E-state index is 11.7. The number of carboxylic acid groups (broad SMARTS) is 2. The molecule has 0 bridgehead atoms. The lowest BCUT2D eigenvalue weighted by Gasteiger charge is -2.34. The van der Waals surface area contributed by atoms with Crippen molar-refractivity contribution in [2.45, 2.75) is 25.1 Å². The van der Waals surface area contributed by atoms with Gasteiger partial charge in [0.15, 0.2) is 0 Å². The highest BCUT2D eigenvalue weighted by Crippen LogP contribution is 2.24. The van der Waals surface area contributed by atoms with Gasteiger partial charge in [-0.3, -0.25) is 9.69 Å². The molecular formula is C20H29N5O5S. The van der Waals surface area contributed by atoms with Crippen LogP contribution in [0, 0.1) is 0 Å². The summed E-state index contributed by atoms with van der Waals surface area (Å²) in [5.41, 5.74) is 0. The Kier molecular flexibility index (Phi) is 10.2. The van der Waals surface area contributed by atoms with E-state index in [-0.39, 0.29) is 0 Å². The van der Waals surface area contributed by atoms with E-state index >= 15 is 0 Å². The van der Waals surface area contributed by atoms with Crippen LogP contribution in [0.2, 0.25) is 0 Å². The van der Waals surface area contributed by atoms with Gasteiger partial charge in [0, 0.05) is 57.3 Å². The standard InChI is InChI=1S/C16H25N5OS.C4H4O4/c1-14-21(15(22)13-23-14)8-3-2-7-19-9-11-20(12-10-19)16-17-5-4-6-18-16;5-3(6)1-2-4(7)8/h4-6,14H,2-3,7-13H2,1H3;1-2H,(H,5,6)(H,7,8). The lowest BCUT2D eigenvalue weighted by Crippen LogP contribution is -2.47. The smallest absolute Gasteiger partial charge is 0.328 e. The molecule has 1 atom stereocenters. The fourth-order valence-corrected chi connectivity index (χ4v) is 4.21. The highest BCUT2D eigenvalue weighted by atomic mass is 32.2. The number of carboxylic acids is 2. The molecule has 0 radical (unpaired) electrons. The van der Waals surface area contributed by atoms with E-state index in [1.54, 1.807) is 24.2 Å². The fourth-order valence-electron chi connectivity index (χ4n) is 3.26. The van der Waals surface area contributed by atoms with Gasteiger partial charge in [0.1, 0.15) is 0 Å². The van der Waals surface area contributed by atoms with Crippen molar-refractivity contribution in [1.82, 2.24) is 19.8 Å². The van der Waals surface area contributed by atoms with Gasteiger partial charge in [-0.05, 0) is 32.4 Å². The average Bonchev–Trinajstić information content (AvgIpc) is 3.09. The summed E-state index contributed by atoms with van der Waals surface area (Å²) in [6.45, 7) is 8.25. The molecule has 2 saturated heterocycles. The molecule has 1 unspecified atom stereocenters. The fraction of sp³-hybridized carbons (Fsp3) is 0.550. The monoisotopic (exact) mass is 451 g/mol. The Morgan fingerprint density at radius 3 is 2.16 bits per heavy atom. The number of carbonyl (C=O) groups excluding carboxylic acids is 1. The Morgan fingerprint density at radius 1 is 1.06 bits per heavy atom. The zero-order valence-electron chi connectivity index (χ0n) is 17.6. The second-order valence-electron chi connectivity index (χ2n) is 7.09. The highest BCUT2D eigenvalue weighted by molar-refractivity contribution is 8.00. The van der Waals surface area contributed by atoms with Gasteiger partial charge in [-0.15, -0.1) is 11.8 Å². The molecule has 0 aromatic carbocycles. The van der Waals surface area contributed by atoms with Gasteiger partial charge < -0.3 is 20.0 Å². The molecule has 2 aliphatic rings. The highest BCUT2D eigenvalue weighted by Gasteiger charge is 2.27. The van der Waals surface area contributed by atoms with Crippen LogP contribution in [0.25, 0.3) is 0 Å². The number of hydrogen-bond donors (Lipinski definition) is 2. The Labute approximate surface area is 185 Å². The summed E-state index contributed by atoms with van der Waals surface area (Å²) in [5, 5.41) is 16.0. The molecule has 3 rings (SSSR count). The minimum Gasteiger partial charge on any atom is -0.478 e. The van der Waals surface area contributed by atoms with E-state index < -0.39 is 11.9 Å². The van der Waals surface area contributed by atoms with Gasteiger partial charge in [-0.1, -0.05) is 0 Å². The number of piperazine rings is 1. The lowest BCUT2D eigenvalue weighted by atomic mass is 10.2. The number of rotatable bonds is 8. The molecule has 2 aliphatic heterocycles. The molecule has 1 aromatic heterocycles. The van der Waals surface area contributed by atoms with Gasteiger partial charge in [0.2, 0.25) is 11.9 Å². The van der Waals surface area contributed by atoms with Crippen molar-refractivity contribution >= 4 is 35.6 Å². The number of aliphatic carboxylic acids is 2. The SMILES string of the molecule is CC1SCC(=O)N1CCCCN1CCN(c2ncccn2)CC1.O=C(O)C=CC(=O)O. The maximum atomic E-state index is 11.7. The van der Waals surface area contributed by atoms with Crippen molar-refractivity contribution in [2.75, 3.05) is 49.9 Å². The predicted octanol–water partition coefficient (Wildman–Crippen LogP) is 1.01. The van der Waals surface area contributed by atoms with Crippen molar-refractivity contribution in [2.24, 2.45) is 0 Å². The van der Waals surface area contributed by atoms with E-state index in [0.29, 0.717) is 29.2 Å². The van der Waals surface area contributed by atoms with E-state index in [2.05, 4.69) is 26.7 Å². The molecule has 1 amide bonds. The van der Waals surface area contributed by atoms with Crippen molar-refractivity contribution in [1.29, 1.82) is 0 Å². The number of anilines is 1. The first-order valence-electron chi connectivity index (χ1n) is 10.2. The van der Waals surface area contributed by atoms with Crippen LogP contribution < -0.4 is 4.90 Å². The third-order valence-corrected chi connectivity index (χ3v) is 6.06. The van der Waals surface area contributed by atoms with Gasteiger partial charge in [-0.2, -0.15) is 0 Å². The number of thioether (sulfide) groups is 1. The van der Waals surface area contributed by atoms with E-state index in [1.807, 2.05) is 11.0 Å². The number of hydrogen-bond acceptors (Lipinski definition) is 8. The molecule has 0 saturated carbocycles. The van der Waals surface area contributed by atoms with E-state index in [9.17, 15) is 14.4 Å². The number of nitrogens with zero attached hydrogens (tertiary/aromatic N) is 5. The van der Waals surface area contributed by atoms with Crippen molar-refractivity contribution in [3.8, 4) is 0 Å². The number of carbonyl (C=O) groups is 3. The summed E-state index contributed by atoms with van der Waals surface area (Å²) in [6.07, 6.45) is 6.97. The van der Waals surface area contributed by atoms with Gasteiger partial charge in [0.25, 0.3) is 0 Å². The van der Waals surface area contributed by atoms with Gasteiger partial charge in [0.05, 0.1) is 11.1 Å². The zero-order valence-corrected chi connectivity index (χ0v) is 18.4. The molecule has 2 N–H and O–H groups in total. The van der Waals surface area contributed by atoms with Crippen molar-refractivity contribution in [3.05, 3.63) is 30.6 Å². The largest absolute Gasteiger partial charge is 0.478 e. The summed E-state index contributed by atoms with van der Waals surface area (Å²) in [7, 11) is 0. The Hall–Kier alpha value is -2.66. The van der Waals surface area contributed by atoms with Crippen LogP contribution in [0.15, 0.2) is 30.6 Å². The Morgan fingerprint density at radius 2 is 1.65 bits per heavy atom. The van der Waals surface area contributed by atoms with Crippen LogP contribution in [0.4, 0.5) is 5.95 Å². The minimum absolute atomic E-state index is 0.305. The first-order valence-corrected chi connectivity index (χ1v) is 11.2. The molecule has 170 valence electrons. The molecule has 31 heavy (non-hydrogen) atoms. The van der Waals surface area contributed by atoms with Gasteiger partial charge in [-0.25, -0.2) is 19.6 Å². The minimum atomic E-state index is -1.26. The van der Waals surface area contributed by atoms with Crippen LogP contribution in [-0.2, 0) is 14.4 Å². The zero-order chi connectivity index (χ0) is 22.6. The van der Waals surface area contributed by atoms with E-state index in [4.69, 9.17) is 10.2 Å². The van der Waals surface area contributed by atoms with Crippen LogP contribution in [0.5, 0.6) is 0 Å². The van der Waals surface area contributed by atoms with Crippen molar-refractivity contribution < 1.29 is 24.6 Å². The summed E-state index contributed by atoms with van der Waals surface area (Å²) in [6, 6.07) is 1.85. The molecule has 0 aliphatic carbocycles. The van der Waals surface area contributed by atoms with Gasteiger partial charge >= 0.3 is 11.9 Å². The van der Waals surface area contributed by atoms with Crippen LogP contribution in [-0.4, -0.2) is 98.2 Å². The van der Waals surface area contributed by atoms with Crippen LogP contribution in [0.3, 0.4) is 0 Å². The molecule has 11 heteroatoms. The number of amides is 1. The first-order chi connectivity index (χ1) is 14.9. The lowest BCUT2D eigenvalue weighted by molar-refractivity contribution is -0.134. The Balaban J connectivity index is 0.000000366. The maximum Gasteiger partial charge on any atom is 0.328 e. The Bertz CT molecular complexity index is 740. The van der Waals surface area contributed by atoms with Crippen LogP contribution in [0.1, 0.15) is 19.8 Å². The molecule has 0 spiro atoms. The number of unbranched alkanes of at least 4 members (excludes halogenated alkanes) is 1. The van der Waals surface area contributed by atoms with E-state index in [1.165, 1.54) is 0 Å². The summed E-state index contributed by atoms with van der Waals surface area (Å²) in [4.78, 5) is 46.2. The average molecular weight is 452 g/mol. The molecular weight excluding hydrogens is 422 g/mol. The second kappa shape index (κ2) is 12.9. The number of aromatic nitrogens is 2. The third-order valence-electron chi connectivity index (χ3n) is 4.91. The third kappa shape index (κ3) is 8.93. The molecule has 1 aromatic rings. The molecule has 3 heterocycles. The normalized spacial score (nSPS) is 19.4. The summed E-state index contributed by atoms with van der Waals surface area (Å²) < 4.78 is 0. The predicted molar refractivity (Wildman–Crippen MR) is 118 cm³/mol. The van der Waals surface area contributed by atoms with Crippen LogP contribution >= 0.6 is 11.8 Å². The van der Waals surface area contributed by atoms with E-state index in [0.717, 1.165) is 58.1 Å². The molecule has 10 nitrogen and oxygen atoms in total. The quantitative estimate of drug-likeness (QED) is 0.437. The molecule has 2 fully saturated rings. The summed E-state index contributed by atoms with van der Waals surface area (Å²) >= 11 is 1.75. The topological polar surface area (TPSA) is 127 Å². The second-order valence-corrected chi connectivity index (χ2v) is 8.40. The summed E-state index contributed by atoms with van der Waals surface area (Å²) in [5.74, 6) is -0.713. The van der Waals surface area contributed by atoms with Crippen molar-refractivity contribution in [3.63, 3.8) is 0 Å². The first kappa shape index (κ1) is 24.6.